The van der Waals surface area contributed by atoms with Crippen molar-refractivity contribution in [1.82, 2.24) is 4.98 Å². The Labute approximate surface area is 101 Å². The summed E-state index contributed by atoms with van der Waals surface area (Å²) >= 11 is 0. The van der Waals surface area contributed by atoms with Crippen LogP contribution < -0.4 is 4.90 Å². The fraction of sp³-hybridized carbons (Fsp3) is 0.538. The predicted octanol–water partition coefficient (Wildman–Crippen LogP) is 2.47. The molecule has 1 aromatic rings. The summed E-state index contributed by atoms with van der Waals surface area (Å²) in [7, 11) is 1.95. The Morgan fingerprint density at radius 2 is 2.12 bits per heavy atom. The van der Waals surface area contributed by atoms with E-state index in [2.05, 4.69) is 4.98 Å². The first-order chi connectivity index (χ1) is 8.11. The molecule has 0 aliphatic heterocycles. The van der Waals surface area contributed by atoms with Crippen LogP contribution in [0.25, 0.3) is 0 Å². The van der Waals surface area contributed by atoms with Crippen molar-refractivity contribution in [3.05, 3.63) is 23.4 Å². The number of carboxylic acid groups (broad SMARTS) is 1. The molecule has 0 amide bonds. The molecule has 17 heavy (non-hydrogen) atoms. The van der Waals surface area contributed by atoms with Gasteiger partial charge in [-0.2, -0.15) is 0 Å². The zero-order valence-electron chi connectivity index (χ0n) is 10.3. The molecule has 0 saturated heterocycles. The van der Waals surface area contributed by atoms with E-state index in [9.17, 15) is 9.90 Å². The average molecular weight is 234 g/mol. The van der Waals surface area contributed by atoms with Gasteiger partial charge < -0.3 is 10.0 Å². The van der Waals surface area contributed by atoms with Crippen molar-refractivity contribution < 1.29 is 9.90 Å². The largest absolute Gasteiger partial charge is 0.478 e. The topological polar surface area (TPSA) is 53.4 Å². The highest BCUT2D eigenvalue weighted by atomic mass is 16.4. The van der Waals surface area contributed by atoms with E-state index in [1.807, 2.05) is 18.9 Å². The Morgan fingerprint density at radius 1 is 1.47 bits per heavy atom. The van der Waals surface area contributed by atoms with Crippen LogP contribution in [0.2, 0.25) is 0 Å². The summed E-state index contributed by atoms with van der Waals surface area (Å²) in [6.45, 7) is 1.82. The molecule has 0 bridgehead atoms. The first kappa shape index (κ1) is 11.9. The summed E-state index contributed by atoms with van der Waals surface area (Å²) in [5.74, 6) is -0.292. The Kier molecular flexibility index (Phi) is 3.31. The number of carboxylic acids is 1. The van der Waals surface area contributed by atoms with Gasteiger partial charge in [-0.1, -0.05) is 12.8 Å². The van der Waals surface area contributed by atoms with Gasteiger partial charge in [-0.25, -0.2) is 9.78 Å². The summed E-state index contributed by atoms with van der Waals surface area (Å²) < 4.78 is 0. The molecule has 1 N–H and O–H groups in total. The van der Waals surface area contributed by atoms with Gasteiger partial charge in [0, 0.05) is 19.3 Å². The van der Waals surface area contributed by atoms with Crippen molar-refractivity contribution in [2.24, 2.45) is 0 Å². The summed E-state index contributed by atoms with van der Waals surface area (Å²) in [6, 6.07) is 2.18. The van der Waals surface area contributed by atoms with Crippen molar-refractivity contribution in [2.45, 2.75) is 38.6 Å². The molecule has 4 heteroatoms. The third kappa shape index (κ3) is 2.25. The molecule has 0 aromatic carbocycles. The van der Waals surface area contributed by atoms with Crippen LogP contribution in [0.5, 0.6) is 0 Å². The second kappa shape index (κ2) is 4.73. The van der Waals surface area contributed by atoms with Gasteiger partial charge in [0.1, 0.15) is 11.4 Å². The lowest BCUT2D eigenvalue weighted by molar-refractivity contribution is 0.0696. The molecule has 0 radical (unpaired) electrons. The van der Waals surface area contributed by atoms with Gasteiger partial charge in [0.2, 0.25) is 0 Å². The molecule has 1 saturated carbocycles. The maximum Gasteiger partial charge on any atom is 0.339 e. The monoisotopic (exact) mass is 234 g/mol. The van der Waals surface area contributed by atoms with E-state index in [0.29, 0.717) is 17.4 Å². The minimum atomic E-state index is -0.893. The molecule has 1 aromatic heterocycles. The van der Waals surface area contributed by atoms with Crippen molar-refractivity contribution >= 4 is 11.8 Å². The Morgan fingerprint density at radius 3 is 2.71 bits per heavy atom. The van der Waals surface area contributed by atoms with Crippen LogP contribution in [0.4, 0.5) is 5.82 Å². The van der Waals surface area contributed by atoms with E-state index in [1.54, 1.807) is 12.3 Å². The summed E-state index contributed by atoms with van der Waals surface area (Å²) in [5.41, 5.74) is 1.11. The minimum Gasteiger partial charge on any atom is -0.478 e. The maximum atomic E-state index is 11.3. The second-order valence-electron chi connectivity index (χ2n) is 4.68. The third-order valence-corrected chi connectivity index (χ3v) is 3.56. The molecule has 4 nitrogen and oxygen atoms in total. The lowest BCUT2D eigenvalue weighted by Gasteiger charge is -2.27. The number of anilines is 1. The van der Waals surface area contributed by atoms with Crippen LogP contribution >= 0.6 is 0 Å². The lowest BCUT2D eigenvalue weighted by Crippen LogP contribution is -2.31. The first-order valence-electron chi connectivity index (χ1n) is 6.03. The number of hydrogen-bond acceptors (Lipinski definition) is 3. The Hall–Kier alpha value is -1.58. The molecule has 1 aliphatic rings. The molecule has 0 unspecified atom stereocenters. The zero-order chi connectivity index (χ0) is 12.4. The molecule has 92 valence electrons. The van der Waals surface area contributed by atoms with Crippen LogP contribution in [0.3, 0.4) is 0 Å². The number of aromatic nitrogens is 1. The molecule has 1 aliphatic carbocycles. The molecule has 0 atom stereocenters. The molecule has 2 rings (SSSR count). The van der Waals surface area contributed by atoms with Crippen LogP contribution in [0.15, 0.2) is 12.3 Å². The van der Waals surface area contributed by atoms with E-state index >= 15 is 0 Å². The average Bonchev–Trinajstić information content (AvgIpc) is 2.80. The lowest BCUT2D eigenvalue weighted by atomic mass is 10.1. The van der Waals surface area contributed by atoms with Crippen LogP contribution in [-0.2, 0) is 0 Å². The van der Waals surface area contributed by atoms with Gasteiger partial charge in [0.05, 0.1) is 0 Å². The highest BCUT2D eigenvalue weighted by Crippen LogP contribution is 2.28. The molecule has 0 spiro atoms. The Balaban J connectivity index is 2.36. The van der Waals surface area contributed by atoms with Gasteiger partial charge in [0.15, 0.2) is 0 Å². The number of hydrogen-bond donors (Lipinski definition) is 1. The van der Waals surface area contributed by atoms with E-state index in [-0.39, 0.29) is 0 Å². The molecule has 1 fully saturated rings. The van der Waals surface area contributed by atoms with E-state index in [0.717, 1.165) is 18.4 Å². The normalized spacial score (nSPS) is 16.1. The SMILES string of the molecule is Cc1ccnc(N(C)C2CCCC2)c1C(=O)O. The predicted molar refractivity (Wildman–Crippen MR) is 66.6 cm³/mol. The second-order valence-corrected chi connectivity index (χ2v) is 4.68. The van der Waals surface area contributed by atoms with Crippen LogP contribution in [-0.4, -0.2) is 29.1 Å². The van der Waals surface area contributed by atoms with Crippen molar-refractivity contribution in [3.63, 3.8) is 0 Å². The zero-order valence-corrected chi connectivity index (χ0v) is 10.3. The first-order valence-corrected chi connectivity index (χ1v) is 6.03. The fourth-order valence-corrected chi connectivity index (χ4v) is 2.54. The third-order valence-electron chi connectivity index (χ3n) is 3.56. The molecular formula is C13H18N2O2. The highest BCUT2D eigenvalue weighted by molar-refractivity contribution is 5.94. The smallest absolute Gasteiger partial charge is 0.339 e. The number of rotatable bonds is 3. The molecular weight excluding hydrogens is 216 g/mol. The maximum absolute atomic E-state index is 11.3. The number of aromatic carboxylic acids is 1. The van der Waals surface area contributed by atoms with E-state index in [4.69, 9.17) is 0 Å². The van der Waals surface area contributed by atoms with Crippen molar-refractivity contribution in [1.29, 1.82) is 0 Å². The van der Waals surface area contributed by atoms with Crippen LogP contribution in [0.1, 0.15) is 41.6 Å². The standard InChI is InChI=1S/C13H18N2O2/c1-9-7-8-14-12(11(9)13(16)17)15(2)10-5-3-4-6-10/h7-8,10H,3-6H2,1-2H3,(H,16,17). The number of pyridine rings is 1. The van der Waals surface area contributed by atoms with Gasteiger partial charge in [-0.15, -0.1) is 0 Å². The number of carbonyl (C=O) groups is 1. The van der Waals surface area contributed by atoms with Crippen LogP contribution in [0, 0.1) is 6.92 Å². The van der Waals surface area contributed by atoms with E-state index in [1.165, 1.54) is 12.8 Å². The molecule has 1 heterocycles. The minimum absolute atomic E-state index is 0.335. The summed E-state index contributed by atoms with van der Waals surface area (Å²) in [5, 5.41) is 9.27. The van der Waals surface area contributed by atoms with Gasteiger partial charge in [-0.3, -0.25) is 0 Å². The Bertz CT molecular complexity index is 425. The van der Waals surface area contributed by atoms with Crippen molar-refractivity contribution in [2.75, 3.05) is 11.9 Å². The highest BCUT2D eigenvalue weighted by Gasteiger charge is 2.25. The quantitative estimate of drug-likeness (QED) is 0.872. The number of nitrogens with zero attached hydrogens (tertiary/aromatic N) is 2. The van der Waals surface area contributed by atoms with E-state index < -0.39 is 5.97 Å². The summed E-state index contributed by atoms with van der Waals surface area (Å²) in [6.07, 6.45) is 6.39. The van der Waals surface area contributed by atoms with Gasteiger partial charge in [0.25, 0.3) is 0 Å². The van der Waals surface area contributed by atoms with Gasteiger partial charge in [-0.05, 0) is 31.4 Å². The van der Waals surface area contributed by atoms with Gasteiger partial charge >= 0.3 is 5.97 Å². The number of aryl methyl sites for hydroxylation is 1. The summed E-state index contributed by atoms with van der Waals surface area (Å²) in [4.78, 5) is 17.6. The fourth-order valence-electron chi connectivity index (χ4n) is 2.54. The van der Waals surface area contributed by atoms with Crippen molar-refractivity contribution in [3.8, 4) is 0 Å².